The number of carbonyl (C=O) groups excluding carboxylic acids is 1. The van der Waals surface area contributed by atoms with Gasteiger partial charge in [-0.1, -0.05) is 18.2 Å². The number of nitrogens with one attached hydrogen (secondary N) is 2. The molecule has 1 aromatic rings. The van der Waals surface area contributed by atoms with Gasteiger partial charge in [0.1, 0.15) is 11.9 Å². The fraction of sp³-hybridized carbons (Fsp3) is 0.562. The molecule has 2 aliphatic heterocycles. The van der Waals surface area contributed by atoms with Gasteiger partial charge in [0.2, 0.25) is 5.91 Å². The van der Waals surface area contributed by atoms with E-state index >= 15 is 0 Å². The van der Waals surface area contributed by atoms with Crippen LogP contribution in [0.4, 0.5) is 4.39 Å². The van der Waals surface area contributed by atoms with Crippen molar-refractivity contribution in [3.8, 4) is 0 Å². The standard InChI is InChI=1S/C16H22FN3O3/c1-16(23)6-7-20(9-14(16)21)15(22)13-8-12(18-19-13)10-4-2-3-5-11(10)17/h2-5,12-14,18-19,21,23H,6-9H2,1H3/t12?,13?,14-,16-/m1/s1. The van der Waals surface area contributed by atoms with Gasteiger partial charge in [0.15, 0.2) is 0 Å². The van der Waals surface area contributed by atoms with Crippen molar-refractivity contribution in [1.29, 1.82) is 0 Å². The fourth-order valence-electron chi connectivity index (χ4n) is 3.12. The molecule has 0 aliphatic carbocycles. The summed E-state index contributed by atoms with van der Waals surface area (Å²) in [6.07, 6.45) is -0.198. The molecule has 2 aliphatic rings. The van der Waals surface area contributed by atoms with E-state index in [0.717, 1.165) is 0 Å². The Labute approximate surface area is 134 Å². The Morgan fingerprint density at radius 1 is 1.39 bits per heavy atom. The van der Waals surface area contributed by atoms with E-state index in [0.29, 0.717) is 24.9 Å². The maximum Gasteiger partial charge on any atom is 0.241 e. The predicted molar refractivity (Wildman–Crippen MR) is 81.6 cm³/mol. The van der Waals surface area contributed by atoms with E-state index < -0.39 is 17.7 Å². The molecule has 2 unspecified atom stereocenters. The Bertz CT molecular complexity index is 596. The third-order valence-electron chi connectivity index (χ3n) is 4.79. The number of carbonyl (C=O) groups is 1. The molecule has 6 nitrogen and oxygen atoms in total. The zero-order valence-electron chi connectivity index (χ0n) is 13.0. The molecule has 0 radical (unpaired) electrons. The SMILES string of the molecule is C[C@@]1(O)CCN(C(=O)C2CC(c3ccccc3F)NN2)C[C@H]1O. The number of piperidine rings is 1. The second kappa shape index (κ2) is 6.16. The predicted octanol–water partition coefficient (Wildman–Crippen LogP) is 0.0775. The minimum atomic E-state index is -1.16. The van der Waals surface area contributed by atoms with Gasteiger partial charge < -0.3 is 15.1 Å². The second-order valence-electron chi connectivity index (χ2n) is 6.56. The van der Waals surface area contributed by atoms with Crippen LogP contribution < -0.4 is 10.9 Å². The molecule has 7 heteroatoms. The number of aliphatic hydroxyl groups excluding tert-OH is 1. The molecule has 2 saturated heterocycles. The van der Waals surface area contributed by atoms with Gasteiger partial charge in [0.25, 0.3) is 0 Å². The highest BCUT2D eigenvalue weighted by Crippen LogP contribution is 2.27. The van der Waals surface area contributed by atoms with Crippen molar-refractivity contribution in [3.63, 3.8) is 0 Å². The number of nitrogens with zero attached hydrogens (tertiary/aromatic N) is 1. The monoisotopic (exact) mass is 323 g/mol. The van der Waals surface area contributed by atoms with Gasteiger partial charge in [0.05, 0.1) is 17.7 Å². The molecule has 126 valence electrons. The molecule has 0 aromatic heterocycles. The third kappa shape index (κ3) is 3.23. The van der Waals surface area contributed by atoms with Gasteiger partial charge in [-0.15, -0.1) is 0 Å². The largest absolute Gasteiger partial charge is 0.388 e. The van der Waals surface area contributed by atoms with Gasteiger partial charge in [-0.05, 0) is 25.8 Å². The van der Waals surface area contributed by atoms with E-state index in [1.165, 1.54) is 6.07 Å². The Hall–Kier alpha value is -1.54. The van der Waals surface area contributed by atoms with E-state index in [1.807, 2.05) is 0 Å². The molecule has 23 heavy (non-hydrogen) atoms. The van der Waals surface area contributed by atoms with E-state index in [1.54, 1.807) is 30.0 Å². The normalized spacial score (nSPS) is 34.6. The molecular weight excluding hydrogens is 301 g/mol. The molecular formula is C16H22FN3O3. The fourth-order valence-corrected chi connectivity index (χ4v) is 3.12. The van der Waals surface area contributed by atoms with Gasteiger partial charge in [0, 0.05) is 18.7 Å². The number of aliphatic hydroxyl groups is 2. The molecule has 4 N–H and O–H groups in total. The first-order valence-corrected chi connectivity index (χ1v) is 7.83. The lowest BCUT2D eigenvalue weighted by molar-refractivity contribution is -0.148. The van der Waals surface area contributed by atoms with Gasteiger partial charge in [-0.3, -0.25) is 4.79 Å². The van der Waals surface area contributed by atoms with Gasteiger partial charge >= 0.3 is 0 Å². The molecule has 0 spiro atoms. The Kier molecular flexibility index (Phi) is 4.37. The number of hydrogen-bond acceptors (Lipinski definition) is 5. The summed E-state index contributed by atoms with van der Waals surface area (Å²) < 4.78 is 13.8. The molecule has 0 saturated carbocycles. The lowest BCUT2D eigenvalue weighted by Gasteiger charge is -2.40. The van der Waals surface area contributed by atoms with E-state index in [-0.39, 0.29) is 24.3 Å². The summed E-state index contributed by atoms with van der Waals surface area (Å²) in [4.78, 5) is 14.1. The number of benzene rings is 1. The van der Waals surface area contributed by atoms with Crippen LogP contribution >= 0.6 is 0 Å². The van der Waals surface area contributed by atoms with Crippen LogP contribution in [0, 0.1) is 5.82 Å². The highest BCUT2D eigenvalue weighted by molar-refractivity contribution is 5.82. The van der Waals surface area contributed by atoms with Crippen molar-refractivity contribution >= 4 is 5.91 Å². The summed E-state index contributed by atoms with van der Waals surface area (Å²) in [5.41, 5.74) is 5.24. The summed E-state index contributed by atoms with van der Waals surface area (Å²) in [5.74, 6) is -0.449. The zero-order valence-corrected chi connectivity index (χ0v) is 13.0. The lowest BCUT2D eigenvalue weighted by Crippen LogP contribution is -2.58. The van der Waals surface area contributed by atoms with Crippen molar-refractivity contribution in [2.45, 2.75) is 43.6 Å². The van der Waals surface area contributed by atoms with Gasteiger partial charge in [-0.2, -0.15) is 0 Å². The van der Waals surface area contributed by atoms with Crippen LogP contribution in [0.1, 0.15) is 31.4 Å². The Morgan fingerprint density at radius 3 is 2.83 bits per heavy atom. The molecule has 4 atom stereocenters. The van der Waals surface area contributed by atoms with E-state index in [4.69, 9.17) is 0 Å². The summed E-state index contributed by atoms with van der Waals surface area (Å²) in [6, 6.07) is 5.74. The smallest absolute Gasteiger partial charge is 0.241 e. The van der Waals surface area contributed by atoms with Crippen LogP contribution in [-0.4, -0.2) is 51.9 Å². The molecule has 1 aromatic carbocycles. The van der Waals surface area contributed by atoms with Crippen molar-refractivity contribution in [3.05, 3.63) is 35.6 Å². The Morgan fingerprint density at radius 2 is 2.13 bits per heavy atom. The van der Waals surface area contributed by atoms with E-state index in [2.05, 4.69) is 10.9 Å². The van der Waals surface area contributed by atoms with Crippen LogP contribution in [-0.2, 0) is 4.79 Å². The number of hydrogen-bond donors (Lipinski definition) is 4. The summed E-state index contributed by atoms with van der Waals surface area (Å²) >= 11 is 0. The maximum atomic E-state index is 13.8. The highest BCUT2D eigenvalue weighted by atomic mass is 19.1. The van der Waals surface area contributed by atoms with Crippen molar-refractivity contribution < 1.29 is 19.4 Å². The average Bonchev–Trinajstić information content (AvgIpc) is 2.99. The number of likely N-dealkylation sites (tertiary alicyclic amines) is 1. The van der Waals surface area contributed by atoms with Gasteiger partial charge in [-0.25, -0.2) is 15.2 Å². The van der Waals surface area contributed by atoms with Crippen LogP contribution in [0.3, 0.4) is 0 Å². The number of rotatable bonds is 2. The van der Waals surface area contributed by atoms with Crippen LogP contribution in [0.25, 0.3) is 0 Å². The minimum Gasteiger partial charge on any atom is -0.388 e. The van der Waals surface area contributed by atoms with Crippen molar-refractivity contribution in [1.82, 2.24) is 15.8 Å². The first kappa shape index (κ1) is 16.3. The first-order valence-electron chi connectivity index (χ1n) is 7.83. The lowest BCUT2D eigenvalue weighted by atomic mass is 9.90. The zero-order chi connectivity index (χ0) is 16.6. The number of β-amino-alcohol motifs (C(OH)–C–C–N with tert-alkyl or cyclic N) is 1. The average molecular weight is 323 g/mol. The summed E-state index contributed by atoms with van der Waals surface area (Å²) in [6.45, 7) is 2.07. The van der Waals surface area contributed by atoms with Crippen LogP contribution in [0.5, 0.6) is 0 Å². The van der Waals surface area contributed by atoms with Crippen LogP contribution in [0.2, 0.25) is 0 Å². The molecule has 2 fully saturated rings. The first-order chi connectivity index (χ1) is 10.9. The van der Waals surface area contributed by atoms with Crippen molar-refractivity contribution in [2.75, 3.05) is 13.1 Å². The highest BCUT2D eigenvalue weighted by Gasteiger charge is 2.41. The minimum absolute atomic E-state index is 0.106. The molecule has 3 rings (SSSR count). The molecule has 2 heterocycles. The quantitative estimate of drug-likeness (QED) is 0.619. The number of amides is 1. The topological polar surface area (TPSA) is 84.8 Å². The molecule has 0 bridgehead atoms. The maximum absolute atomic E-state index is 13.8. The van der Waals surface area contributed by atoms with Crippen LogP contribution in [0.15, 0.2) is 24.3 Å². The second-order valence-corrected chi connectivity index (χ2v) is 6.56. The Balaban J connectivity index is 1.63. The number of hydrazine groups is 1. The van der Waals surface area contributed by atoms with E-state index in [9.17, 15) is 19.4 Å². The summed E-state index contributed by atoms with van der Waals surface area (Å²) in [7, 11) is 0. The number of halogens is 1. The third-order valence-corrected chi connectivity index (χ3v) is 4.79. The van der Waals surface area contributed by atoms with Crippen molar-refractivity contribution in [2.24, 2.45) is 0 Å². The molecule has 1 amide bonds. The summed E-state index contributed by atoms with van der Waals surface area (Å²) in [5, 5.41) is 19.9.